The minimum Gasteiger partial charge on any atom is -0.361 e. The summed E-state index contributed by atoms with van der Waals surface area (Å²) in [6.07, 6.45) is 2.64. The molecule has 0 aromatic carbocycles. The Bertz CT molecular complexity index is 881. The number of hydrogen-bond acceptors (Lipinski definition) is 6. The van der Waals surface area contributed by atoms with Crippen molar-refractivity contribution in [2.24, 2.45) is 0 Å². The number of rotatable bonds is 4. The minimum absolute atomic E-state index is 0.00409. The fourth-order valence-electron chi connectivity index (χ4n) is 3.47. The van der Waals surface area contributed by atoms with Crippen LogP contribution in [-0.2, 0) is 6.42 Å². The van der Waals surface area contributed by atoms with Gasteiger partial charge in [0.05, 0.1) is 16.6 Å². The summed E-state index contributed by atoms with van der Waals surface area (Å²) in [4.78, 5) is 15.8. The first-order chi connectivity index (χ1) is 12.2. The standard InChI is InChI=1S/C18H19N3O3S/c1-3-14-17(11(2)19-23-14)13-6-4-8-21(13)18(22)12-10-15(24-20-12)16-7-5-9-25-16/h5,7,9-10,13H,3-4,6,8H2,1-2H3/t13-/m1/s1. The van der Waals surface area contributed by atoms with Gasteiger partial charge in [-0.1, -0.05) is 23.3 Å². The number of carbonyl (C=O) groups excluding carboxylic acids is 1. The molecule has 7 heteroatoms. The van der Waals surface area contributed by atoms with E-state index >= 15 is 0 Å². The summed E-state index contributed by atoms with van der Waals surface area (Å²) in [5, 5.41) is 10.1. The van der Waals surface area contributed by atoms with Crippen molar-refractivity contribution in [1.82, 2.24) is 15.2 Å². The first-order valence-corrected chi connectivity index (χ1v) is 9.33. The number of aryl methyl sites for hydroxylation is 2. The van der Waals surface area contributed by atoms with E-state index in [0.29, 0.717) is 18.0 Å². The summed E-state index contributed by atoms with van der Waals surface area (Å²) < 4.78 is 10.8. The van der Waals surface area contributed by atoms with Crippen molar-refractivity contribution in [3.63, 3.8) is 0 Å². The van der Waals surface area contributed by atoms with Crippen LogP contribution in [0.3, 0.4) is 0 Å². The van der Waals surface area contributed by atoms with E-state index in [1.807, 2.05) is 36.3 Å². The van der Waals surface area contributed by atoms with Gasteiger partial charge in [0.25, 0.3) is 5.91 Å². The summed E-state index contributed by atoms with van der Waals surface area (Å²) in [6, 6.07) is 5.62. The summed E-state index contributed by atoms with van der Waals surface area (Å²) >= 11 is 1.56. The molecule has 0 N–H and O–H groups in total. The molecule has 3 aromatic rings. The van der Waals surface area contributed by atoms with Crippen molar-refractivity contribution in [2.45, 2.75) is 39.2 Å². The SMILES string of the molecule is CCc1onc(C)c1[C@H]1CCCN1C(=O)c1cc(-c2cccs2)on1. The van der Waals surface area contributed by atoms with Crippen molar-refractivity contribution in [1.29, 1.82) is 0 Å². The highest BCUT2D eigenvalue weighted by Gasteiger charge is 2.35. The van der Waals surface area contributed by atoms with E-state index < -0.39 is 0 Å². The van der Waals surface area contributed by atoms with Gasteiger partial charge in [-0.2, -0.15) is 0 Å². The molecule has 0 saturated carbocycles. The van der Waals surface area contributed by atoms with Crippen LogP contribution in [-0.4, -0.2) is 27.7 Å². The van der Waals surface area contributed by atoms with E-state index in [1.165, 1.54) is 0 Å². The number of carbonyl (C=O) groups is 1. The van der Waals surface area contributed by atoms with Crippen molar-refractivity contribution in [3.05, 3.63) is 46.3 Å². The van der Waals surface area contributed by atoms with Crippen LogP contribution in [0.25, 0.3) is 10.6 Å². The normalized spacial score (nSPS) is 17.4. The van der Waals surface area contributed by atoms with Gasteiger partial charge in [0.1, 0.15) is 5.76 Å². The topological polar surface area (TPSA) is 72.4 Å². The maximum atomic E-state index is 13.0. The molecule has 0 spiro atoms. The van der Waals surface area contributed by atoms with Gasteiger partial charge >= 0.3 is 0 Å². The van der Waals surface area contributed by atoms with E-state index in [2.05, 4.69) is 10.3 Å². The van der Waals surface area contributed by atoms with Crippen molar-refractivity contribution in [2.75, 3.05) is 6.54 Å². The molecular weight excluding hydrogens is 338 g/mol. The zero-order valence-electron chi connectivity index (χ0n) is 14.2. The maximum absolute atomic E-state index is 13.0. The average Bonchev–Trinajstić information content (AvgIpc) is 3.38. The lowest BCUT2D eigenvalue weighted by Gasteiger charge is -2.24. The highest BCUT2D eigenvalue weighted by atomic mass is 32.1. The van der Waals surface area contributed by atoms with E-state index in [0.717, 1.165) is 41.2 Å². The zero-order chi connectivity index (χ0) is 17.4. The number of nitrogens with zero attached hydrogens (tertiary/aromatic N) is 3. The molecule has 6 nitrogen and oxygen atoms in total. The highest BCUT2D eigenvalue weighted by molar-refractivity contribution is 7.13. The quantitative estimate of drug-likeness (QED) is 0.698. The lowest BCUT2D eigenvalue weighted by atomic mass is 10.0. The molecular formula is C18H19N3O3S. The Hall–Kier alpha value is -2.41. The number of amides is 1. The number of hydrogen-bond donors (Lipinski definition) is 0. The molecule has 1 aliphatic heterocycles. The molecule has 1 saturated heterocycles. The monoisotopic (exact) mass is 357 g/mol. The zero-order valence-corrected chi connectivity index (χ0v) is 15.0. The van der Waals surface area contributed by atoms with Crippen LogP contribution >= 0.6 is 11.3 Å². The second-order valence-electron chi connectivity index (χ2n) is 6.17. The van der Waals surface area contributed by atoms with Crippen LogP contribution in [0.15, 0.2) is 32.6 Å². The minimum atomic E-state index is -0.100. The van der Waals surface area contributed by atoms with Gasteiger partial charge in [0.15, 0.2) is 11.5 Å². The largest absolute Gasteiger partial charge is 0.361 e. The third-order valence-corrected chi connectivity index (χ3v) is 5.53. The smallest absolute Gasteiger partial charge is 0.276 e. The molecule has 4 heterocycles. The molecule has 1 atom stereocenters. The third-order valence-electron chi connectivity index (χ3n) is 4.64. The predicted molar refractivity (Wildman–Crippen MR) is 93.4 cm³/mol. The molecule has 1 amide bonds. The Morgan fingerprint density at radius 3 is 3.04 bits per heavy atom. The van der Waals surface area contributed by atoms with Crippen LogP contribution < -0.4 is 0 Å². The van der Waals surface area contributed by atoms with Crippen LogP contribution in [0.2, 0.25) is 0 Å². The second-order valence-corrected chi connectivity index (χ2v) is 7.12. The van der Waals surface area contributed by atoms with Gasteiger partial charge in [0.2, 0.25) is 0 Å². The van der Waals surface area contributed by atoms with Gasteiger partial charge in [-0.25, -0.2) is 0 Å². The highest BCUT2D eigenvalue weighted by Crippen LogP contribution is 2.37. The third kappa shape index (κ3) is 2.78. The van der Waals surface area contributed by atoms with Crippen molar-refractivity contribution in [3.8, 4) is 10.6 Å². The summed E-state index contributed by atoms with van der Waals surface area (Å²) in [6.45, 7) is 4.68. The number of thiophene rings is 1. The molecule has 3 aromatic heterocycles. The molecule has 0 bridgehead atoms. The molecule has 25 heavy (non-hydrogen) atoms. The van der Waals surface area contributed by atoms with E-state index in [1.54, 1.807) is 17.4 Å². The van der Waals surface area contributed by atoms with E-state index in [9.17, 15) is 4.79 Å². The van der Waals surface area contributed by atoms with Gasteiger partial charge in [0, 0.05) is 24.6 Å². The summed E-state index contributed by atoms with van der Waals surface area (Å²) in [7, 11) is 0. The Morgan fingerprint density at radius 1 is 1.40 bits per heavy atom. The Morgan fingerprint density at radius 2 is 2.28 bits per heavy atom. The van der Waals surface area contributed by atoms with E-state index in [4.69, 9.17) is 9.05 Å². The maximum Gasteiger partial charge on any atom is 0.276 e. The summed E-state index contributed by atoms with van der Waals surface area (Å²) in [5.41, 5.74) is 2.26. The van der Waals surface area contributed by atoms with Crippen molar-refractivity contribution < 1.29 is 13.8 Å². The predicted octanol–water partition coefficient (Wildman–Crippen LogP) is 4.24. The molecule has 4 rings (SSSR count). The molecule has 1 aliphatic rings. The van der Waals surface area contributed by atoms with Crippen LogP contribution in [0, 0.1) is 6.92 Å². The van der Waals surface area contributed by atoms with Gasteiger partial charge in [-0.3, -0.25) is 4.79 Å². The van der Waals surface area contributed by atoms with Crippen LogP contribution in [0.4, 0.5) is 0 Å². The first kappa shape index (κ1) is 16.1. The molecule has 130 valence electrons. The lowest BCUT2D eigenvalue weighted by Crippen LogP contribution is -2.31. The van der Waals surface area contributed by atoms with Gasteiger partial charge in [-0.05, 0) is 31.2 Å². The number of likely N-dealkylation sites (tertiary alicyclic amines) is 1. The lowest BCUT2D eigenvalue weighted by molar-refractivity contribution is 0.0724. The van der Waals surface area contributed by atoms with Crippen molar-refractivity contribution >= 4 is 17.2 Å². The molecule has 0 unspecified atom stereocenters. The molecule has 0 radical (unpaired) electrons. The second kappa shape index (κ2) is 6.48. The van der Waals surface area contributed by atoms with Gasteiger partial charge < -0.3 is 13.9 Å². The molecule has 0 aliphatic carbocycles. The Kier molecular flexibility index (Phi) is 4.17. The van der Waals surface area contributed by atoms with Gasteiger partial charge in [-0.15, -0.1) is 11.3 Å². The Labute approximate surface area is 149 Å². The average molecular weight is 357 g/mol. The fourth-order valence-corrected chi connectivity index (χ4v) is 4.15. The molecule has 1 fully saturated rings. The van der Waals surface area contributed by atoms with Crippen LogP contribution in [0.1, 0.15) is 53.3 Å². The van der Waals surface area contributed by atoms with Crippen LogP contribution in [0.5, 0.6) is 0 Å². The first-order valence-electron chi connectivity index (χ1n) is 8.45. The van der Waals surface area contributed by atoms with E-state index in [-0.39, 0.29) is 11.9 Å². The number of aromatic nitrogens is 2. The fraction of sp³-hybridized carbons (Fsp3) is 0.389. The summed E-state index contributed by atoms with van der Waals surface area (Å²) in [5.74, 6) is 1.39. The Balaban J connectivity index is 1.62.